The van der Waals surface area contributed by atoms with E-state index >= 15 is 0 Å². The number of hydrogen-bond donors (Lipinski definition) is 1. The summed E-state index contributed by atoms with van der Waals surface area (Å²) in [7, 11) is 0. The number of ether oxygens (including phenoxy) is 1. The van der Waals surface area contributed by atoms with Crippen LogP contribution >= 0.6 is 11.6 Å². The molecule has 4 aliphatic rings. The quantitative estimate of drug-likeness (QED) is 0.568. The van der Waals surface area contributed by atoms with Crippen LogP contribution in [0.2, 0.25) is 5.02 Å². The number of nitrogens with zero attached hydrogens (tertiary/aromatic N) is 2. The van der Waals surface area contributed by atoms with Crippen molar-refractivity contribution >= 4 is 23.3 Å². The Kier molecular flexibility index (Phi) is 5.56. The highest BCUT2D eigenvalue weighted by molar-refractivity contribution is 6.30. The highest BCUT2D eigenvalue weighted by Gasteiger charge is 2.59. The zero-order chi connectivity index (χ0) is 21.8. The van der Waals surface area contributed by atoms with Gasteiger partial charge in [0.2, 0.25) is 0 Å². The van der Waals surface area contributed by atoms with Gasteiger partial charge in [-0.25, -0.2) is 0 Å². The van der Waals surface area contributed by atoms with E-state index in [4.69, 9.17) is 16.3 Å². The monoisotopic (exact) mass is 444 g/mol. The van der Waals surface area contributed by atoms with Crippen LogP contribution in [-0.2, 0) is 9.53 Å². The second kappa shape index (κ2) is 8.09. The number of esters is 1. The molecule has 6 heteroatoms. The number of hydrogen-bond acceptors (Lipinski definition) is 5. The van der Waals surface area contributed by atoms with Gasteiger partial charge in [-0.3, -0.25) is 9.69 Å². The third-order valence-corrected chi connectivity index (χ3v) is 8.81. The molecule has 31 heavy (non-hydrogen) atoms. The van der Waals surface area contributed by atoms with Crippen molar-refractivity contribution in [2.45, 2.75) is 45.3 Å². The van der Waals surface area contributed by atoms with Crippen molar-refractivity contribution in [1.29, 1.82) is 0 Å². The molecule has 0 spiro atoms. The third kappa shape index (κ3) is 3.59. The molecule has 1 aromatic rings. The van der Waals surface area contributed by atoms with Crippen LogP contribution in [0.5, 0.6) is 0 Å². The molecule has 0 radical (unpaired) electrons. The molecule has 168 valence electrons. The highest BCUT2D eigenvalue weighted by atomic mass is 35.5. The zero-order valence-corrected chi connectivity index (χ0v) is 19.2. The van der Waals surface area contributed by atoms with E-state index in [9.17, 15) is 9.90 Å². The number of piperazine rings is 1. The van der Waals surface area contributed by atoms with Crippen LogP contribution in [0.3, 0.4) is 0 Å². The Morgan fingerprint density at radius 3 is 2.77 bits per heavy atom. The molecule has 2 aliphatic heterocycles. The van der Waals surface area contributed by atoms with Crippen molar-refractivity contribution < 1.29 is 14.6 Å². The molecule has 2 heterocycles. The average molecular weight is 445 g/mol. The maximum absolute atomic E-state index is 12.9. The van der Waals surface area contributed by atoms with Gasteiger partial charge in [0.15, 0.2) is 0 Å². The van der Waals surface area contributed by atoms with Gasteiger partial charge >= 0.3 is 5.97 Å². The SMILES string of the molecule is C[C@H]1CCC=C2C[C@H]3OC(=O)[C@@H](CN4CCN(c5cccc(Cl)c5)CC4)[C@H]3[C@H](O)[C@@]21C. The van der Waals surface area contributed by atoms with E-state index in [-0.39, 0.29) is 29.3 Å². The largest absolute Gasteiger partial charge is 0.461 e. The summed E-state index contributed by atoms with van der Waals surface area (Å²) in [4.78, 5) is 17.6. The number of anilines is 1. The van der Waals surface area contributed by atoms with E-state index in [1.54, 1.807) is 0 Å². The van der Waals surface area contributed by atoms with Gasteiger partial charge in [0.25, 0.3) is 0 Å². The number of fused-ring (bicyclic) bond motifs is 2. The molecule has 3 fully saturated rings. The zero-order valence-electron chi connectivity index (χ0n) is 18.5. The summed E-state index contributed by atoms with van der Waals surface area (Å²) in [6, 6.07) is 7.98. The van der Waals surface area contributed by atoms with Crippen LogP contribution in [0, 0.1) is 23.2 Å². The van der Waals surface area contributed by atoms with Gasteiger partial charge in [-0.1, -0.05) is 43.2 Å². The van der Waals surface area contributed by atoms with Crippen molar-refractivity contribution in [3.63, 3.8) is 0 Å². The predicted molar refractivity (Wildman–Crippen MR) is 122 cm³/mol. The number of benzene rings is 1. The van der Waals surface area contributed by atoms with Crippen LogP contribution in [0.1, 0.15) is 33.1 Å². The van der Waals surface area contributed by atoms with E-state index in [0.717, 1.165) is 56.2 Å². The van der Waals surface area contributed by atoms with Crippen LogP contribution in [0.4, 0.5) is 5.69 Å². The molecule has 0 amide bonds. The molecular formula is C25H33ClN2O3. The maximum atomic E-state index is 12.9. The minimum atomic E-state index is -0.531. The number of carbonyl (C=O) groups excluding carboxylic acids is 1. The molecule has 5 nitrogen and oxygen atoms in total. The van der Waals surface area contributed by atoms with Gasteiger partial charge in [-0.2, -0.15) is 0 Å². The Labute approximate surface area is 190 Å². The van der Waals surface area contributed by atoms with Gasteiger partial charge in [-0.05, 0) is 37.0 Å². The van der Waals surface area contributed by atoms with Crippen LogP contribution < -0.4 is 4.90 Å². The molecule has 2 saturated heterocycles. The number of halogens is 1. The highest BCUT2D eigenvalue weighted by Crippen LogP contribution is 2.56. The van der Waals surface area contributed by atoms with E-state index in [2.05, 4.69) is 35.8 Å². The topological polar surface area (TPSA) is 53.0 Å². The first-order valence-electron chi connectivity index (χ1n) is 11.7. The molecule has 0 bridgehead atoms. The van der Waals surface area contributed by atoms with Crippen molar-refractivity contribution in [2.24, 2.45) is 23.2 Å². The lowest BCUT2D eigenvalue weighted by atomic mass is 9.55. The molecule has 0 aromatic heterocycles. The van der Waals surface area contributed by atoms with Gasteiger partial charge in [0.1, 0.15) is 6.10 Å². The number of allylic oxidation sites excluding steroid dienone is 1. The van der Waals surface area contributed by atoms with E-state index in [1.165, 1.54) is 5.57 Å². The molecule has 5 rings (SSSR count). The van der Waals surface area contributed by atoms with Gasteiger partial charge < -0.3 is 14.7 Å². The molecule has 2 aliphatic carbocycles. The van der Waals surface area contributed by atoms with Crippen molar-refractivity contribution in [2.75, 3.05) is 37.6 Å². The van der Waals surface area contributed by atoms with Crippen LogP contribution in [0.25, 0.3) is 0 Å². The molecule has 6 atom stereocenters. The molecular weight excluding hydrogens is 412 g/mol. The van der Waals surface area contributed by atoms with Gasteiger partial charge in [-0.15, -0.1) is 0 Å². The molecule has 1 N–H and O–H groups in total. The number of aliphatic hydroxyl groups excluding tert-OH is 1. The first kappa shape index (κ1) is 21.3. The van der Waals surface area contributed by atoms with Crippen molar-refractivity contribution in [3.05, 3.63) is 40.9 Å². The Morgan fingerprint density at radius 1 is 1.26 bits per heavy atom. The standard InChI is InChI=1S/C25H33ClN2O3/c1-16-5-3-6-17-13-21-22(23(29)25(16,17)2)20(24(30)31-21)15-27-9-11-28(12-10-27)19-8-4-7-18(26)14-19/h4,6-8,14,16,20-23,29H,3,5,9-13,15H2,1-2H3/t16-,20-,21+,22+,23-,25+/m0/s1. The van der Waals surface area contributed by atoms with Crippen molar-refractivity contribution in [3.8, 4) is 0 Å². The van der Waals surface area contributed by atoms with Crippen LogP contribution in [0.15, 0.2) is 35.9 Å². The molecule has 0 unspecified atom stereocenters. The minimum Gasteiger partial charge on any atom is -0.461 e. The Bertz CT molecular complexity index is 881. The summed E-state index contributed by atoms with van der Waals surface area (Å²) in [5.74, 6) is -0.0609. The Balaban J connectivity index is 1.28. The first-order chi connectivity index (χ1) is 14.9. The summed E-state index contributed by atoms with van der Waals surface area (Å²) < 4.78 is 5.83. The lowest BCUT2D eigenvalue weighted by molar-refractivity contribution is -0.145. The smallest absolute Gasteiger partial charge is 0.311 e. The number of rotatable bonds is 3. The lowest BCUT2D eigenvalue weighted by Crippen LogP contribution is -2.55. The Morgan fingerprint density at radius 2 is 2.03 bits per heavy atom. The van der Waals surface area contributed by atoms with E-state index in [0.29, 0.717) is 12.5 Å². The second-order valence-corrected chi connectivity index (χ2v) is 10.5. The summed E-state index contributed by atoms with van der Waals surface area (Å²) in [6.45, 7) is 8.71. The van der Waals surface area contributed by atoms with E-state index in [1.807, 2.05) is 18.2 Å². The number of aliphatic hydroxyl groups is 1. The first-order valence-corrected chi connectivity index (χ1v) is 12.1. The molecule has 1 saturated carbocycles. The Hall–Kier alpha value is -1.56. The summed E-state index contributed by atoms with van der Waals surface area (Å²) >= 11 is 6.15. The van der Waals surface area contributed by atoms with Gasteiger partial charge in [0, 0.05) is 61.2 Å². The fourth-order valence-electron chi connectivity index (χ4n) is 6.41. The van der Waals surface area contributed by atoms with Gasteiger partial charge in [0.05, 0.1) is 12.0 Å². The summed E-state index contributed by atoms with van der Waals surface area (Å²) in [6.07, 6.45) is 4.52. The van der Waals surface area contributed by atoms with E-state index < -0.39 is 6.10 Å². The molecule has 1 aromatic carbocycles. The summed E-state index contributed by atoms with van der Waals surface area (Å²) in [5, 5.41) is 12.3. The summed E-state index contributed by atoms with van der Waals surface area (Å²) in [5.41, 5.74) is 2.20. The minimum absolute atomic E-state index is 0.110. The number of carbonyl (C=O) groups is 1. The van der Waals surface area contributed by atoms with Crippen LogP contribution in [-0.4, -0.2) is 60.9 Å². The normalized spacial score (nSPS) is 38.3. The average Bonchev–Trinajstić information content (AvgIpc) is 3.06. The lowest BCUT2D eigenvalue weighted by Gasteiger charge is -2.52. The maximum Gasteiger partial charge on any atom is 0.311 e. The third-order valence-electron chi connectivity index (χ3n) is 8.57. The second-order valence-electron chi connectivity index (χ2n) is 10.1. The fraction of sp³-hybridized carbons (Fsp3) is 0.640. The van der Waals surface area contributed by atoms with Crippen molar-refractivity contribution in [1.82, 2.24) is 4.90 Å². The predicted octanol–water partition coefficient (Wildman–Crippen LogP) is 3.75. The fourth-order valence-corrected chi connectivity index (χ4v) is 6.60.